The lowest BCUT2D eigenvalue weighted by Crippen LogP contribution is -2.48. The highest BCUT2D eigenvalue weighted by molar-refractivity contribution is 5.82. The van der Waals surface area contributed by atoms with E-state index >= 15 is 0 Å². The summed E-state index contributed by atoms with van der Waals surface area (Å²) in [4.78, 5) is 8.02. The van der Waals surface area contributed by atoms with Gasteiger partial charge in [0, 0.05) is 20.0 Å². The van der Waals surface area contributed by atoms with E-state index in [9.17, 15) is 0 Å². The minimum absolute atomic E-state index is 0.683. The maximum atomic E-state index is 5.49. The first-order valence-corrected chi connectivity index (χ1v) is 11.1. The second-order valence-corrected chi connectivity index (χ2v) is 9.47. The average Bonchev–Trinajstić information content (AvgIpc) is 2.55. The third-order valence-corrected chi connectivity index (χ3v) is 7.56. The minimum Gasteiger partial charge on any atom is -0.363 e. The fourth-order valence-corrected chi connectivity index (χ4v) is 6.46. The van der Waals surface area contributed by atoms with E-state index in [2.05, 4.69) is 11.9 Å². The Kier molecular flexibility index (Phi) is 5.49. The maximum Gasteiger partial charge on any atom is 0.0990 e. The van der Waals surface area contributed by atoms with Gasteiger partial charge in [-0.15, -0.1) is 0 Å². The predicted molar refractivity (Wildman–Crippen MR) is 102 cm³/mol. The van der Waals surface area contributed by atoms with Gasteiger partial charge >= 0.3 is 0 Å². The third-order valence-electron chi connectivity index (χ3n) is 7.56. The van der Waals surface area contributed by atoms with Crippen molar-refractivity contribution in [2.75, 3.05) is 13.6 Å². The lowest BCUT2D eigenvalue weighted by atomic mass is 9.54. The third kappa shape index (κ3) is 3.83. The highest BCUT2D eigenvalue weighted by Crippen LogP contribution is 2.54. The number of hydrogen-bond donors (Lipinski definition) is 0. The van der Waals surface area contributed by atoms with Crippen molar-refractivity contribution in [2.24, 2.45) is 28.7 Å². The first kappa shape index (κ1) is 16.9. The molecule has 0 aromatic rings. The lowest BCUT2D eigenvalue weighted by Gasteiger charge is -2.53. The molecule has 5 aliphatic rings. The fourth-order valence-electron chi connectivity index (χ4n) is 6.46. The molecule has 0 unspecified atom stereocenters. The molecule has 4 aliphatic carbocycles. The molecule has 136 valence electrons. The molecule has 0 amide bonds. The summed E-state index contributed by atoms with van der Waals surface area (Å²) in [6.07, 6.45) is 20.1. The van der Waals surface area contributed by atoms with E-state index in [1.807, 2.05) is 0 Å². The summed E-state index contributed by atoms with van der Waals surface area (Å²) in [6, 6.07) is 0.683. The molecule has 0 atom stereocenters. The Morgan fingerprint density at radius 2 is 1.25 bits per heavy atom. The second kappa shape index (κ2) is 7.79. The van der Waals surface area contributed by atoms with Gasteiger partial charge in [0.1, 0.15) is 0 Å². The molecule has 0 aromatic heterocycles. The summed E-state index contributed by atoms with van der Waals surface area (Å²) in [6.45, 7) is 1.23. The molecule has 0 radical (unpaired) electrons. The Labute approximate surface area is 149 Å². The molecular formula is C22H38N2. The Hall–Kier alpha value is -0.530. The van der Waals surface area contributed by atoms with Crippen LogP contribution >= 0.6 is 0 Å². The van der Waals surface area contributed by atoms with E-state index in [0.29, 0.717) is 6.04 Å². The van der Waals surface area contributed by atoms with E-state index in [1.54, 1.807) is 6.42 Å². The van der Waals surface area contributed by atoms with Gasteiger partial charge in [0.2, 0.25) is 0 Å². The monoisotopic (exact) mass is 330 g/mol. The van der Waals surface area contributed by atoms with Gasteiger partial charge in [-0.1, -0.05) is 38.5 Å². The van der Waals surface area contributed by atoms with Crippen LogP contribution in [0.25, 0.3) is 0 Å². The number of amidine groups is 1. The van der Waals surface area contributed by atoms with Gasteiger partial charge in [-0.25, -0.2) is 0 Å². The van der Waals surface area contributed by atoms with Gasteiger partial charge in [0.05, 0.1) is 11.9 Å². The molecule has 24 heavy (non-hydrogen) atoms. The van der Waals surface area contributed by atoms with Crippen molar-refractivity contribution in [3.63, 3.8) is 0 Å². The van der Waals surface area contributed by atoms with Gasteiger partial charge < -0.3 is 4.90 Å². The lowest BCUT2D eigenvalue weighted by molar-refractivity contribution is 0.000828. The first-order valence-electron chi connectivity index (χ1n) is 11.1. The molecular weight excluding hydrogens is 292 g/mol. The predicted octanol–water partition coefficient (Wildman–Crippen LogP) is 5.67. The zero-order chi connectivity index (χ0) is 16.4. The van der Waals surface area contributed by atoms with Crippen LogP contribution in [0.15, 0.2) is 4.99 Å². The molecule has 4 saturated carbocycles. The number of rotatable bonds is 1. The van der Waals surface area contributed by atoms with Crippen molar-refractivity contribution in [1.29, 1.82) is 0 Å². The molecule has 0 N–H and O–H groups in total. The summed E-state index contributed by atoms with van der Waals surface area (Å²) in [5.74, 6) is 5.47. The average molecular weight is 331 g/mol. The minimum atomic E-state index is 0.683. The molecule has 0 spiro atoms. The van der Waals surface area contributed by atoms with Crippen LogP contribution in [0.5, 0.6) is 0 Å². The summed E-state index contributed by atoms with van der Waals surface area (Å²) >= 11 is 0. The van der Waals surface area contributed by atoms with Crippen LogP contribution in [0.3, 0.4) is 0 Å². The van der Waals surface area contributed by atoms with Crippen LogP contribution in [0, 0.1) is 23.7 Å². The van der Waals surface area contributed by atoms with Crippen molar-refractivity contribution in [3.05, 3.63) is 0 Å². The zero-order valence-corrected chi connectivity index (χ0v) is 15.9. The molecule has 5 fully saturated rings. The molecule has 1 heterocycles. The van der Waals surface area contributed by atoms with Crippen molar-refractivity contribution in [2.45, 2.75) is 95.9 Å². The highest BCUT2D eigenvalue weighted by atomic mass is 15.2. The smallest absolute Gasteiger partial charge is 0.0990 e. The molecule has 2 nitrogen and oxygen atoms in total. The fraction of sp³-hybridized carbons (Fsp3) is 0.955. The van der Waals surface area contributed by atoms with Crippen LogP contribution in [-0.4, -0.2) is 30.4 Å². The largest absolute Gasteiger partial charge is 0.363 e. The Balaban J connectivity index is 1.45. The van der Waals surface area contributed by atoms with Crippen LogP contribution in [0.1, 0.15) is 89.9 Å². The van der Waals surface area contributed by atoms with Crippen molar-refractivity contribution in [3.8, 4) is 0 Å². The molecule has 5 rings (SSSR count). The standard InChI is InChI=1S/C22H38N2/c1-24-11-9-7-5-3-2-4-6-8-10-21(24)23-22-19-13-17-12-18(15-19)16-20(22)14-17/h17-20,22H,2-16H2,1H3. The van der Waals surface area contributed by atoms with Crippen molar-refractivity contribution >= 4 is 5.84 Å². The number of hydrogen-bond acceptors (Lipinski definition) is 1. The summed E-state index contributed by atoms with van der Waals surface area (Å²) in [5, 5.41) is 0. The van der Waals surface area contributed by atoms with Crippen LogP contribution < -0.4 is 0 Å². The summed E-state index contributed by atoms with van der Waals surface area (Å²) in [5.41, 5.74) is 0. The van der Waals surface area contributed by atoms with Gasteiger partial charge in [0.25, 0.3) is 0 Å². The number of nitrogens with zero attached hydrogens (tertiary/aromatic N) is 2. The topological polar surface area (TPSA) is 15.6 Å². The molecule has 1 aliphatic heterocycles. The Bertz CT molecular complexity index is 413. The second-order valence-electron chi connectivity index (χ2n) is 9.47. The van der Waals surface area contributed by atoms with E-state index in [-0.39, 0.29) is 0 Å². The van der Waals surface area contributed by atoms with Crippen LogP contribution in [0.4, 0.5) is 0 Å². The molecule has 4 bridgehead atoms. The Morgan fingerprint density at radius 3 is 1.88 bits per heavy atom. The van der Waals surface area contributed by atoms with Gasteiger partial charge in [-0.2, -0.15) is 0 Å². The zero-order valence-electron chi connectivity index (χ0n) is 15.9. The van der Waals surface area contributed by atoms with E-state index < -0.39 is 0 Å². The van der Waals surface area contributed by atoms with Gasteiger partial charge in [-0.3, -0.25) is 4.99 Å². The van der Waals surface area contributed by atoms with Crippen molar-refractivity contribution in [1.82, 2.24) is 4.90 Å². The van der Waals surface area contributed by atoms with E-state index in [0.717, 1.165) is 23.7 Å². The molecule has 1 saturated heterocycles. The summed E-state index contributed by atoms with van der Waals surface area (Å²) in [7, 11) is 2.32. The van der Waals surface area contributed by atoms with Crippen LogP contribution in [-0.2, 0) is 0 Å². The van der Waals surface area contributed by atoms with E-state index in [4.69, 9.17) is 4.99 Å². The van der Waals surface area contributed by atoms with E-state index in [1.165, 1.54) is 95.9 Å². The Morgan fingerprint density at radius 1 is 0.708 bits per heavy atom. The highest BCUT2D eigenvalue weighted by Gasteiger charge is 2.48. The number of aliphatic imine (C=N–C) groups is 1. The first-order chi connectivity index (χ1) is 11.8. The molecule has 0 aromatic carbocycles. The molecule has 2 heteroatoms. The SMILES string of the molecule is CN1CCCCCCCCCCC1=NC1C2CC3CC(C2)CC1C3. The maximum absolute atomic E-state index is 5.49. The van der Waals surface area contributed by atoms with Crippen molar-refractivity contribution < 1.29 is 0 Å². The normalized spacial score (nSPS) is 42.8. The van der Waals surface area contributed by atoms with Gasteiger partial charge in [-0.05, 0) is 68.6 Å². The quantitative estimate of drug-likeness (QED) is 0.605. The van der Waals surface area contributed by atoms with Crippen LogP contribution in [0.2, 0.25) is 0 Å². The van der Waals surface area contributed by atoms with Gasteiger partial charge in [0.15, 0.2) is 0 Å². The summed E-state index contributed by atoms with van der Waals surface area (Å²) < 4.78 is 0.